The van der Waals surface area contributed by atoms with E-state index >= 15 is 0 Å². The summed E-state index contributed by atoms with van der Waals surface area (Å²) in [5.41, 5.74) is 3.70. The van der Waals surface area contributed by atoms with Gasteiger partial charge in [-0.25, -0.2) is 8.42 Å². The molecule has 1 N–H and O–H groups in total. The molecule has 0 spiro atoms. The summed E-state index contributed by atoms with van der Waals surface area (Å²) in [7, 11) is -3.53. The minimum Gasteiger partial charge on any atom is -0.326 e. The van der Waals surface area contributed by atoms with E-state index in [1.807, 2.05) is 24.3 Å². The van der Waals surface area contributed by atoms with Crippen LogP contribution in [0.1, 0.15) is 23.1 Å². The number of amides is 1. The van der Waals surface area contributed by atoms with Crippen molar-refractivity contribution in [3.8, 4) is 0 Å². The largest absolute Gasteiger partial charge is 0.326 e. The SMILES string of the molecule is O=C1CCc2cc(S(=O)(=O)N3Cc4ccccc4C3)ccc2N1. The molecule has 0 aliphatic carbocycles. The van der Waals surface area contributed by atoms with E-state index in [2.05, 4.69) is 5.32 Å². The monoisotopic (exact) mass is 328 g/mol. The number of rotatable bonds is 2. The molecule has 2 aromatic rings. The predicted molar refractivity (Wildman–Crippen MR) is 86.3 cm³/mol. The molecule has 0 bridgehead atoms. The van der Waals surface area contributed by atoms with E-state index in [0.717, 1.165) is 16.7 Å². The first-order chi connectivity index (χ1) is 11.0. The van der Waals surface area contributed by atoms with Gasteiger partial charge in [0.25, 0.3) is 0 Å². The normalized spacial score (nSPS) is 17.5. The van der Waals surface area contributed by atoms with E-state index in [1.54, 1.807) is 18.2 Å². The molecule has 0 aromatic heterocycles. The number of sulfonamides is 1. The van der Waals surface area contributed by atoms with Gasteiger partial charge in [0.15, 0.2) is 0 Å². The fraction of sp³-hybridized carbons (Fsp3) is 0.235. The number of carbonyl (C=O) groups excluding carboxylic acids is 1. The number of hydrogen-bond donors (Lipinski definition) is 1. The summed E-state index contributed by atoms with van der Waals surface area (Å²) >= 11 is 0. The molecule has 0 atom stereocenters. The van der Waals surface area contributed by atoms with Crippen LogP contribution in [0.3, 0.4) is 0 Å². The van der Waals surface area contributed by atoms with Crippen LogP contribution >= 0.6 is 0 Å². The van der Waals surface area contributed by atoms with E-state index < -0.39 is 10.0 Å². The summed E-state index contributed by atoms with van der Waals surface area (Å²) in [4.78, 5) is 11.7. The highest BCUT2D eigenvalue weighted by molar-refractivity contribution is 7.89. The third-order valence-electron chi connectivity index (χ3n) is 4.42. The van der Waals surface area contributed by atoms with Gasteiger partial charge in [-0.1, -0.05) is 24.3 Å². The minimum atomic E-state index is -3.53. The third kappa shape index (κ3) is 2.44. The van der Waals surface area contributed by atoms with Gasteiger partial charge in [-0.05, 0) is 41.3 Å². The summed E-state index contributed by atoms with van der Waals surface area (Å²) in [6, 6.07) is 12.7. The Morgan fingerprint density at radius 3 is 2.30 bits per heavy atom. The number of nitrogens with one attached hydrogen (secondary N) is 1. The highest BCUT2D eigenvalue weighted by Gasteiger charge is 2.31. The molecule has 0 saturated heterocycles. The molecule has 0 radical (unpaired) electrons. The Hall–Kier alpha value is -2.18. The van der Waals surface area contributed by atoms with Crippen molar-refractivity contribution in [2.45, 2.75) is 30.8 Å². The van der Waals surface area contributed by atoms with E-state index in [0.29, 0.717) is 36.5 Å². The lowest BCUT2D eigenvalue weighted by molar-refractivity contribution is -0.116. The number of carbonyl (C=O) groups is 1. The van der Waals surface area contributed by atoms with Crippen LogP contribution in [-0.2, 0) is 34.3 Å². The molecular formula is C17H16N2O3S. The van der Waals surface area contributed by atoms with Gasteiger partial charge in [-0.15, -0.1) is 0 Å². The zero-order valence-electron chi connectivity index (χ0n) is 12.5. The maximum absolute atomic E-state index is 12.9. The van der Waals surface area contributed by atoms with Crippen molar-refractivity contribution in [3.05, 3.63) is 59.2 Å². The van der Waals surface area contributed by atoms with Crippen LogP contribution in [0.2, 0.25) is 0 Å². The van der Waals surface area contributed by atoms with Crippen molar-refractivity contribution in [2.75, 3.05) is 5.32 Å². The predicted octanol–water partition coefficient (Wildman–Crippen LogP) is 2.28. The summed E-state index contributed by atoms with van der Waals surface area (Å²) < 4.78 is 27.3. The van der Waals surface area contributed by atoms with Crippen molar-refractivity contribution in [2.24, 2.45) is 0 Å². The van der Waals surface area contributed by atoms with Crippen LogP contribution in [0.4, 0.5) is 5.69 Å². The summed E-state index contributed by atoms with van der Waals surface area (Å²) in [5, 5.41) is 2.77. The Morgan fingerprint density at radius 1 is 0.913 bits per heavy atom. The topological polar surface area (TPSA) is 66.5 Å². The maximum atomic E-state index is 12.9. The number of benzene rings is 2. The Labute approximate surface area is 135 Å². The van der Waals surface area contributed by atoms with Gasteiger partial charge in [0.1, 0.15) is 0 Å². The van der Waals surface area contributed by atoms with Crippen LogP contribution in [0.25, 0.3) is 0 Å². The van der Waals surface area contributed by atoms with E-state index in [1.165, 1.54) is 4.31 Å². The van der Waals surface area contributed by atoms with Gasteiger partial charge in [0.05, 0.1) is 4.90 Å². The lowest BCUT2D eigenvalue weighted by Crippen LogP contribution is -2.26. The zero-order valence-corrected chi connectivity index (χ0v) is 13.3. The second kappa shape index (κ2) is 5.18. The molecule has 2 aliphatic heterocycles. The van der Waals surface area contributed by atoms with Crippen LogP contribution in [0.15, 0.2) is 47.4 Å². The Morgan fingerprint density at radius 2 is 1.61 bits per heavy atom. The molecule has 118 valence electrons. The van der Waals surface area contributed by atoms with Gasteiger partial charge in [0.2, 0.25) is 15.9 Å². The van der Waals surface area contributed by atoms with Gasteiger partial charge in [0, 0.05) is 25.2 Å². The molecule has 23 heavy (non-hydrogen) atoms. The second-order valence-corrected chi connectivity index (χ2v) is 7.85. The smallest absolute Gasteiger partial charge is 0.243 e. The van der Waals surface area contributed by atoms with Crippen molar-refractivity contribution >= 4 is 21.6 Å². The highest BCUT2D eigenvalue weighted by Crippen LogP contribution is 2.31. The molecule has 2 heterocycles. The van der Waals surface area contributed by atoms with Gasteiger partial charge in [-0.2, -0.15) is 4.31 Å². The fourth-order valence-electron chi connectivity index (χ4n) is 3.14. The Balaban J connectivity index is 1.67. The van der Waals surface area contributed by atoms with Gasteiger partial charge in [-0.3, -0.25) is 4.79 Å². The van der Waals surface area contributed by atoms with Crippen molar-refractivity contribution in [1.82, 2.24) is 4.31 Å². The average molecular weight is 328 g/mol. The minimum absolute atomic E-state index is 0.0249. The molecule has 2 aliphatic rings. The first-order valence-corrected chi connectivity index (χ1v) is 8.98. The summed E-state index contributed by atoms with van der Waals surface area (Å²) in [6.07, 6.45) is 0.969. The molecule has 4 rings (SSSR count). The van der Waals surface area contributed by atoms with E-state index in [-0.39, 0.29) is 5.91 Å². The molecule has 0 unspecified atom stereocenters. The number of hydrogen-bond acceptors (Lipinski definition) is 3. The number of aryl methyl sites for hydroxylation is 1. The summed E-state index contributed by atoms with van der Waals surface area (Å²) in [5.74, 6) is -0.0249. The van der Waals surface area contributed by atoms with Crippen molar-refractivity contribution in [1.29, 1.82) is 0 Å². The van der Waals surface area contributed by atoms with Gasteiger partial charge >= 0.3 is 0 Å². The standard InChI is InChI=1S/C17H16N2O3S/c20-17-8-5-12-9-15(6-7-16(12)18-17)23(21,22)19-10-13-3-1-2-4-14(13)11-19/h1-4,6-7,9H,5,8,10-11H2,(H,18,20). The summed E-state index contributed by atoms with van der Waals surface area (Å²) in [6.45, 7) is 0.818. The molecule has 0 saturated carbocycles. The average Bonchev–Trinajstić information content (AvgIpc) is 2.99. The van der Waals surface area contributed by atoms with Crippen LogP contribution in [0.5, 0.6) is 0 Å². The number of fused-ring (bicyclic) bond motifs is 2. The number of nitrogens with zero attached hydrogens (tertiary/aromatic N) is 1. The lowest BCUT2D eigenvalue weighted by Gasteiger charge is -2.20. The highest BCUT2D eigenvalue weighted by atomic mass is 32.2. The van der Waals surface area contributed by atoms with Gasteiger partial charge < -0.3 is 5.32 Å². The first kappa shape index (κ1) is 14.4. The molecule has 0 fully saturated rings. The molecular weight excluding hydrogens is 312 g/mol. The van der Waals surface area contributed by atoms with E-state index in [9.17, 15) is 13.2 Å². The first-order valence-electron chi connectivity index (χ1n) is 7.54. The molecule has 2 aromatic carbocycles. The zero-order chi connectivity index (χ0) is 16.0. The molecule has 6 heteroatoms. The van der Waals surface area contributed by atoms with Crippen molar-refractivity contribution in [3.63, 3.8) is 0 Å². The van der Waals surface area contributed by atoms with E-state index in [4.69, 9.17) is 0 Å². The molecule has 1 amide bonds. The quantitative estimate of drug-likeness (QED) is 0.920. The number of anilines is 1. The Kier molecular flexibility index (Phi) is 3.25. The maximum Gasteiger partial charge on any atom is 0.243 e. The third-order valence-corrected chi connectivity index (χ3v) is 6.21. The Bertz CT molecular complexity index is 881. The fourth-order valence-corrected chi connectivity index (χ4v) is 4.59. The van der Waals surface area contributed by atoms with Crippen LogP contribution < -0.4 is 5.32 Å². The molecule has 5 nitrogen and oxygen atoms in total. The lowest BCUT2D eigenvalue weighted by atomic mass is 10.0. The van der Waals surface area contributed by atoms with Crippen molar-refractivity contribution < 1.29 is 13.2 Å². The van der Waals surface area contributed by atoms with Crippen LogP contribution in [-0.4, -0.2) is 18.6 Å². The van der Waals surface area contributed by atoms with Crippen LogP contribution in [0, 0.1) is 0 Å². The second-order valence-electron chi connectivity index (χ2n) is 5.91.